The van der Waals surface area contributed by atoms with Gasteiger partial charge in [0.25, 0.3) is 0 Å². The fraction of sp³-hybridized carbons (Fsp3) is 0.250. The molecule has 1 fully saturated rings. The first-order chi connectivity index (χ1) is 20.1. The van der Waals surface area contributed by atoms with Gasteiger partial charge in [-0.3, -0.25) is 9.78 Å². The third-order valence-corrected chi connectivity index (χ3v) is 8.08. The summed E-state index contributed by atoms with van der Waals surface area (Å²) in [7, 11) is 1.38. The predicted molar refractivity (Wildman–Crippen MR) is 169 cm³/mol. The summed E-state index contributed by atoms with van der Waals surface area (Å²) in [4.78, 5) is 31.7. The lowest BCUT2D eigenvalue weighted by atomic mass is 9.96. The Morgan fingerprint density at radius 1 is 1.07 bits per heavy atom. The molecule has 2 aromatic carbocycles. The van der Waals surface area contributed by atoms with E-state index in [9.17, 15) is 9.59 Å². The van der Waals surface area contributed by atoms with Crippen LogP contribution < -0.4 is 15.5 Å². The number of ether oxygens (including phenoxy) is 1. The van der Waals surface area contributed by atoms with Gasteiger partial charge in [-0.15, -0.1) is 0 Å². The minimum Gasteiger partial charge on any atom is -0.465 e. The molecule has 216 valence electrons. The number of aryl methyl sites for hydroxylation is 1. The number of nitrogens with one attached hydrogen (secondary N) is 2. The van der Waals surface area contributed by atoms with E-state index in [0.29, 0.717) is 21.4 Å². The zero-order valence-electron chi connectivity index (χ0n) is 24.0. The molecule has 1 aliphatic heterocycles. The Kier molecular flexibility index (Phi) is 8.34. The summed E-state index contributed by atoms with van der Waals surface area (Å²) in [6.45, 7) is 7.69. The first kappa shape index (κ1) is 29.3. The van der Waals surface area contributed by atoms with Crippen LogP contribution in [0.2, 0.25) is 5.02 Å². The number of methoxy groups -OCH3 is 1. The third kappa shape index (κ3) is 5.37. The fourth-order valence-electron chi connectivity index (χ4n) is 5.39. The third-order valence-electron chi connectivity index (χ3n) is 7.45. The Morgan fingerprint density at radius 2 is 1.81 bits per heavy atom. The number of benzene rings is 2. The molecule has 2 atom stereocenters. The van der Waals surface area contributed by atoms with Gasteiger partial charge in [-0.1, -0.05) is 43.6 Å². The van der Waals surface area contributed by atoms with Crippen LogP contribution in [0.15, 0.2) is 72.9 Å². The smallest absolute Gasteiger partial charge is 0.339 e. The lowest BCUT2D eigenvalue weighted by molar-refractivity contribution is -0.118. The molecule has 1 aliphatic rings. The van der Waals surface area contributed by atoms with E-state index in [4.69, 9.17) is 28.6 Å². The van der Waals surface area contributed by atoms with Crippen LogP contribution in [-0.2, 0) is 9.53 Å². The average Bonchev–Trinajstić information content (AvgIpc) is 3.48. The van der Waals surface area contributed by atoms with Crippen molar-refractivity contribution < 1.29 is 14.3 Å². The summed E-state index contributed by atoms with van der Waals surface area (Å²) in [5, 5.41) is 7.29. The van der Waals surface area contributed by atoms with E-state index in [1.54, 1.807) is 18.3 Å². The van der Waals surface area contributed by atoms with Gasteiger partial charge in [0, 0.05) is 29.2 Å². The zero-order valence-corrected chi connectivity index (χ0v) is 25.6. The molecular weight excluding hydrogens is 570 g/mol. The Labute approximate surface area is 255 Å². The van der Waals surface area contributed by atoms with Gasteiger partial charge < -0.3 is 24.8 Å². The van der Waals surface area contributed by atoms with E-state index in [0.717, 1.165) is 34.0 Å². The topological polar surface area (TPSA) is 88.5 Å². The highest BCUT2D eigenvalue weighted by Gasteiger charge is 2.42. The van der Waals surface area contributed by atoms with Crippen LogP contribution in [0.5, 0.6) is 0 Å². The predicted octanol–water partition coefficient (Wildman–Crippen LogP) is 6.70. The second-order valence-corrected chi connectivity index (χ2v) is 11.3. The lowest BCUT2D eigenvalue weighted by Crippen LogP contribution is -2.29. The standard InChI is InChI=1S/C32H32ClN5O3S/c1-18(2)30(39)35-25-14-13-21(17-24(25)33)38-29(28(36-32(38)42)26-11-8-9-15-34-26)23-16-19(3)37(20(23)4)27-12-7-6-10-22(27)31(40)41-5/h6-18,28-29H,1-5H3,(H,35,39)(H,36,42)/t28-,29+/m1/s1. The van der Waals surface area contributed by atoms with Crippen LogP contribution in [0.4, 0.5) is 11.4 Å². The number of nitrogens with zero attached hydrogens (tertiary/aromatic N) is 3. The summed E-state index contributed by atoms with van der Waals surface area (Å²) in [6.07, 6.45) is 1.76. The van der Waals surface area contributed by atoms with Crippen LogP contribution in [0.3, 0.4) is 0 Å². The van der Waals surface area contributed by atoms with Crippen molar-refractivity contribution in [3.05, 3.63) is 106 Å². The largest absolute Gasteiger partial charge is 0.465 e. The monoisotopic (exact) mass is 601 g/mol. The van der Waals surface area contributed by atoms with Crippen molar-refractivity contribution in [1.29, 1.82) is 0 Å². The van der Waals surface area contributed by atoms with Gasteiger partial charge >= 0.3 is 5.97 Å². The Balaban J connectivity index is 1.64. The molecule has 0 saturated carbocycles. The van der Waals surface area contributed by atoms with Crippen molar-refractivity contribution in [1.82, 2.24) is 14.9 Å². The highest BCUT2D eigenvalue weighted by Crippen LogP contribution is 2.45. The molecular formula is C32H32ClN5O3S. The maximum absolute atomic E-state index is 12.7. The van der Waals surface area contributed by atoms with E-state index in [1.165, 1.54) is 7.11 Å². The van der Waals surface area contributed by atoms with Gasteiger partial charge in [-0.25, -0.2) is 4.79 Å². The number of para-hydroxylation sites is 1. The fourth-order valence-corrected chi connectivity index (χ4v) is 5.96. The molecule has 2 aromatic heterocycles. The van der Waals surface area contributed by atoms with E-state index in [-0.39, 0.29) is 23.9 Å². The van der Waals surface area contributed by atoms with Crippen molar-refractivity contribution in [2.24, 2.45) is 5.92 Å². The number of carbonyl (C=O) groups excluding carboxylic acids is 2. The number of thiocarbonyl (C=S) groups is 1. The van der Waals surface area contributed by atoms with Crippen molar-refractivity contribution in [2.45, 2.75) is 39.8 Å². The van der Waals surface area contributed by atoms with Crippen LogP contribution in [0.1, 0.15) is 58.9 Å². The Morgan fingerprint density at radius 3 is 2.48 bits per heavy atom. The molecule has 1 amide bonds. The van der Waals surface area contributed by atoms with Crippen LogP contribution in [-0.4, -0.2) is 33.6 Å². The first-order valence-corrected chi connectivity index (χ1v) is 14.4. The van der Waals surface area contributed by atoms with Crippen molar-refractivity contribution in [3.8, 4) is 5.69 Å². The van der Waals surface area contributed by atoms with Crippen LogP contribution in [0.25, 0.3) is 5.69 Å². The molecule has 4 aromatic rings. The number of hydrogen-bond acceptors (Lipinski definition) is 5. The van der Waals surface area contributed by atoms with Gasteiger partial charge in [0.15, 0.2) is 5.11 Å². The van der Waals surface area contributed by atoms with E-state index >= 15 is 0 Å². The quantitative estimate of drug-likeness (QED) is 0.180. The number of amides is 1. The minimum atomic E-state index is -0.407. The minimum absolute atomic E-state index is 0.115. The van der Waals surface area contributed by atoms with E-state index in [1.807, 2.05) is 81.1 Å². The number of hydrogen-bond donors (Lipinski definition) is 2. The van der Waals surface area contributed by atoms with Gasteiger partial charge in [0.1, 0.15) is 0 Å². The lowest BCUT2D eigenvalue weighted by Gasteiger charge is -2.28. The SMILES string of the molecule is COC(=O)c1ccccc1-n1c(C)cc([C@H]2[C@@H](c3ccccn3)NC(=S)N2c2ccc(NC(=O)C(C)C)c(Cl)c2)c1C. The number of aromatic nitrogens is 2. The number of halogens is 1. The number of esters is 1. The first-order valence-electron chi connectivity index (χ1n) is 13.6. The maximum atomic E-state index is 12.7. The van der Waals surface area contributed by atoms with Crippen molar-refractivity contribution in [3.63, 3.8) is 0 Å². The van der Waals surface area contributed by atoms with E-state index < -0.39 is 5.97 Å². The highest BCUT2D eigenvalue weighted by atomic mass is 35.5. The second-order valence-electron chi connectivity index (χ2n) is 10.5. The molecule has 0 aliphatic carbocycles. The zero-order chi connectivity index (χ0) is 30.1. The van der Waals surface area contributed by atoms with Crippen LogP contribution >= 0.6 is 23.8 Å². The number of pyridine rings is 1. The molecule has 0 spiro atoms. The van der Waals surface area contributed by atoms with Gasteiger partial charge in [-0.05, 0) is 80.2 Å². The molecule has 0 radical (unpaired) electrons. The number of carbonyl (C=O) groups is 2. The second kappa shape index (κ2) is 12.0. The van der Waals surface area contributed by atoms with Crippen molar-refractivity contribution in [2.75, 3.05) is 17.3 Å². The number of anilines is 2. The molecule has 3 heterocycles. The molecule has 5 rings (SSSR count). The molecule has 1 saturated heterocycles. The molecule has 0 bridgehead atoms. The van der Waals surface area contributed by atoms with E-state index in [2.05, 4.69) is 26.3 Å². The molecule has 10 heteroatoms. The average molecular weight is 602 g/mol. The normalized spacial score (nSPS) is 16.5. The van der Waals surface area contributed by atoms with Gasteiger partial charge in [0.2, 0.25) is 5.91 Å². The van der Waals surface area contributed by atoms with Crippen molar-refractivity contribution >= 4 is 52.2 Å². The Hall–Kier alpha value is -4.21. The molecule has 42 heavy (non-hydrogen) atoms. The molecule has 0 unspecified atom stereocenters. The summed E-state index contributed by atoms with van der Waals surface area (Å²) >= 11 is 12.6. The highest BCUT2D eigenvalue weighted by molar-refractivity contribution is 7.80. The Bertz CT molecular complexity index is 1670. The summed E-state index contributed by atoms with van der Waals surface area (Å²) < 4.78 is 7.14. The summed E-state index contributed by atoms with van der Waals surface area (Å²) in [5.41, 5.74) is 6.23. The molecule has 8 nitrogen and oxygen atoms in total. The maximum Gasteiger partial charge on any atom is 0.339 e. The molecule has 2 N–H and O–H groups in total. The van der Waals surface area contributed by atoms with Crippen LogP contribution in [0, 0.1) is 19.8 Å². The van der Waals surface area contributed by atoms with Gasteiger partial charge in [-0.2, -0.15) is 0 Å². The number of rotatable bonds is 7. The van der Waals surface area contributed by atoms with Gasteiger partial charge in [0.05, 0.1) is 46.8 Å². The summed E-state index contributed by atoms with van der Waals surface area (Å²) in [5.74, 6) is -0.703. The summed E-state index contributed by atoms with van der Waals surface area (Å²) in [6, 6.07) is 20.2.